The Balaban J connectivity index is 2.10. The zero-order valence-corrected chi connectivity index (χ0v) is 12.9. The first-order valence-electron chi connectivity index (χ1n) is 5.09. The Morgan fingerprint density at radius 3 is 2.44 bits per heavy atom. The molecule has 0 aliphatic heterocycles. The van der Waals surface area contributed by atoms with Gasteiger partial charge in [-0.3, -0.25) is 0 Å². The molecule has 0 N–H and O–H groups in total. The minimum absolute atomic E-state index is 0.425. The van der Waals surface area contributed by atoms with Crippen molar-refractivity contribution in [2.45, 2.75) is 18.2 Å². The third kappa shape index (κ3) is 2.96. The molecule has 0 saturated heterocycles. The first kappa shape index (κ1) is 12.3. The van der Waals surface area contributed by atoms with Gasteiger partial charge in [-0.15, -0.1) is 11.3 Å². The highest BCUT2D eigenvalue weighted by Gasteiger charge is 2.12. The van der Waals surface area contributed by atoms with E-state index in [1.54, 1.807) is 0 Å². The zero-order valence-electron chi connectivity index (χ0n) is 8.91. The first-order valence-corrected chi connectivity index (χ1v) is 7.68. The average molecular weight is 360 g/mol. The molecule has 1 aromatic carbocycles. The van der Waals surface area contributed by atoms with Gasteiger partial charge in [-0.1, -0.05) is 44.0 Å². The van der Waals surface area contributed by atoms with Crippen LogP contribution < -0.4 is 0 Å². The summed E-state index contributed by atoms with van der Waals surface area (Å²) in [6.07, 6.45) is 1.04. The molecule has 0 aliphatic rings. The molecule has 1 unspecified atom stereocenters. The highest BCUT2D eigenvalue weighted by Crippen LogP contribution is 2.33. The molecule has 3 heteroatoms. The topological polar surface area (TPSA) is 0 Å². The molecule has 1 atom stereocenters. The van der Waals surface area contributed by atoms with Gasteiger partial charge >= 0.3 is 0 Å². The highest BCUT2D eigenvalue weighted by molar-refractivity contribution is 9.10. The van der Waals surface area contributed by atoms with E-state index in [0.29, 0.717) is 4.83 Å². The monoisotopic (exact) mass is 358 g/mol. The summed E-state index contributed by atoms with van der Waals surface area (Å²) in [6, 6.07) is 10.7. The second-order valence-electron chi connectivity index (χ2n) is 3.77. The van der Waals surface area contributed by atoms with E-state index in [-0.39, 0.29) is 0 Å². The van der Waals surface area contributed by atoms with Gasteiger partial charge in [0, 0.05) is 9.35 Å². The van der Waals surface area contributed by atoms with Crippen molar-refractivity contribution in [2.24, 2.45) is 0 Å². The van der Waals surface area contributed by atoms with Gasteiger partial charge in [0.1, 0.15) is 0 Å². The van der Waals surface area contributed by atoms with E-state index < -0.39 is 0 Å². The fourth-order valence-electron chi connectivity index (χ4n) is 1.63. The van der Waals surface area contributed by atoms with Crippen molar-refractivity contribution in [2.75, 3.05) is 0 Å². The number of halogens is 2. The fraction of sp³-hybridized carbons (Fsp3) is 0.231. The van der Waals surface area contributed by atoms with Crippen LogP contribution in [-0.4, -0.2) is 0 Å². The van der Waals surface area contributed by atoms with Crippen LogP contribution in [0, 0.1) is 6.92 Å². The molecule has 0 nitrogen and oxygen atoms in total. The van der Waals surface area contributed by atoms with Crippen molar-refractivity contribution < 1.29 is 0 Å². The lowest BCUT2D eigenvalue weighted by Gasteiger charge is -2.09. The standard InChI is InChI=1S/C13H12Br2S/c1-9-6-7-16-13(9)12(15)8-10-2-4-11(14)5-3-10/h2-7,12H,8H2,1H3. The number of hydrogen-bond acceptors (Lipinski definition) is 1. The second kappa shape index (κ2) is 5.48. The predicted molar refractivity (Wildman–Crippen MR) is 78.6 cm³/mol. The third-order valence-corrected chi connectivity index (χ3v) is 5.26. The molecule has 84 valence electrons. The maximum absolute atomic E-state index is 3.77. The van der Waals surface area contributed by atoms with Gasteiger partial charge in [-0.25, -0.2) is 0 Å². The molecular formula is C13H12Br2S. The predicted octanol–water partition coefficient (Wildman–Crippen LogP) is 5.50. The van der Waals surface area contributed by atoms with Gasteiger partial charge in [0.25, 0.3) is 0 Å². The lowest BCUT2D eigenvalue weighted by atomic mass is 10.1. The number of hydrogen-bond donors (Lipinski definition) is 0. The summed E-state index contributed by atoms with van der Waals surface area (Å²) in [5.74, 6) is 0. The number of benzene rings is 1. The summed E-state index contributed by atoms with van der Waals surface area (Å²) in [4.78, 5) is 1.86. The highest BCUT2D eigenvalue weighted by atomic mass is 79.9. The van der Waals surface area contributed by atoms with Gasteiger partial charge in [0.05, 0.1) is 4.83 Å². The molecule has 0 spiro atoms. The Hall–Kier alpha value is -0.120. The maximum Gasteiger partial charge on any atom is 0.0532 e. The summed E-state index contributed by atoms with van der Waals surface area (Å²) in [6.45, 7) is 2.17. The fourth-order valence-corrected chi connectivity index (χ4v) is 3.85. The molecule has 0 saturated carbocycles. The van der Waals surface area contributed by atoms with Crippen LogP contribution in [0.15, 0.2) is 40.2 Å². The molecule has 1 aromatic heterocycles. The van der Waals surface area contributed by atoms with Crippen LogP contribution in [0.4, 0.5) is 0 Å². The molecule has 0 amide bonds. The quantitative estimate of drug-likeness (QED) is 0.635. The molecule has 2 aromatic rings. The van der Waals surface area contributed by atoms with Crippen molar-refractivity contribution >= 4 is 43.2 Å². The molecule has 0 aliphatic carbocycles. The summed E-state index contributed by atoms with van der Waals surface area (Å²) in [5, 5.41) is 2.15. The smallest absolute Gasteiger partial charge is 0.0532 e. The first-order chi connectivity index (χ1) is 7.66. The molecule has 0 radical (unpaired) electrons. The van der Waals surface area contributed by atoms with Gasteiger partial charge in [-0.2, -0.15) is 0 Å². The number of rotatable bonds is 3. The van der Waals surface area contributed by atoms with E-state index in [4.69, 9.17) is 0 Å². The second-order valence-corrected chi connectivity index (χ2v) is 6.73. The van der Waals surface area contributed by atoms with Crippen LogP contribution in [0.1, 0.15) is 20.8 Å². The normalized spacial score (nSPS) is 12.7. The van der Waals surface area contributed by atoms with Crippen molar-refractivity contribution in [1.29, 1.82) is 0 Å². The SMILES string of the molecule is Cc1ccsc1C(Br)Cc1ccc(Br)cc1. The van der Waals surface area contributed by atoms with Crippen LogP contribution in [0.2, 0.25) is 0 Å². The third-order valence-electron chi connectivity index (χ3n) is 2.51. The van der Waals surface area contributed by atoms with E-state index in [1.165, 1.54) is 16.0 Å². The minimum atomic E-state index is 0.425. The molecular weight excluding hydrogens is 348 g/mol. The van der Waals surface area contributed by atoms with Gasteiger partial charge in [0.2, 0.25) is 0 Å². The van der Waals surface area contributed by atoms with E-state index in [1.807, 2.05) is 11.3 Å². The molecule has 0 bridgehead atoms. The molecule has 2 rings (SSSR count). The lowest BCUT2D eigenvalue weighted by molar-refractivity contribution is 0.960. The Morgan fingerprint density at radius 1 is 1.19 bits per heavy atom. The summed E-state index contributed by atoms with van der Waals surface area (Å²) in [5.41, 5.74) is 2.74. The Bertz CT molecular complexity index is 459. The van der Waals surface area contributed by atoms with Crippen molar-refractivity contribution in [3.8, 4) is 0 Å². The van der Waals surface area contributed by atoms with Crippen LogP contribution in [0.3, 0.4) is 0 Å². The number of aryl methyl sites for hydroxylation is 1. The average Bonchev–Trinajstić information content (AvgIpc) is 2.68. The summed E-state index contributed by atoms with van der Waals surface area (Å²) in [7, 11) is 0. The van der Waals surface area contributed by atoms with Crippen molar-refractivity contribution in [3.63, 3.8) is 0 Å². The molecule has 16 heavy (non-hydrogen) atoms. The van der Waals surface area contributed by atoms with Crippen LogP contribution in [-0.2, 0) is 6.42 Å². The van der Waals surface area contributed by atoms with Gasteiger partial charge in [-0.05, 0) is 48.1 Å². The lowest BCUT2D eigenvalue weighted by Crippen LogP contribution is -1.94. The van der Waals surface area contributed by atoms with Gasteiger partial charge < -0.3 is 0 Å². The summed E-state index contributed by atoms with van der Waals surface area (Å²) < 4.78 is 1.13. The van der Waals surface area contributed by atoms with Crippen LogP contribution >= 0.6 is 43.2 Å². The molecule has 1 heterocycles. The largest absolute Gasteiger partial charge is 0.147 e. The number of alkyl halides is 1. The van der Waals surface area contributed by atoms with E-state index >= 15 is 0 Å². The number of thiophene rings is 1. The Kier molecular flexibility index (Phi) is 4.22. The van der Waals surface area contributed by atoms with Crippen LogP contribution in [0.25, 0.3) is 0 Å². The van der Waals surface area contributed by atoms with Crippen molar-refractivity contribution in [3.05, 3.63) is 56.2 Å². The van der Waals surface area contributed by atoms with E-state index in [2.05, 4.69) is 74.5 Å². The summed E-state index contributed by atoms with van der Waals surface area (Å²) >= 11 is 9.05. The van der Waals surface area contributed by atoms with E-state index in [9.17, 15) is 0 Å². The van der Waals surface area contributed by atoms with Gasteiger partial charge in [0.15, 0.2) is 0 Å². The zero-order chi connectivity index (χ0) is 11.5. The Labute approximate surface area is 117 Å². The minimum Gasteiger partial charge on any atom is -0.147 e. The van der Waals surface area contributed by atoms with E-state index in [0.717, 1.165) is 10.9 Å². The van der Waals surface area contributed by atoms with Crippen molar-refractivity contribution in [1.82, 2.24) is 0 Å². The Morgan fingerprint density at radius 2 is 1.88 bits per heavy atom. The van der Waals surface area contributed by atoms with Crippen LogP contribution in [0.5, 0.6) is 0 Å². The molecule has 0 fully saturated rings. The maximum atomic E-state index is 3.77.